The highest BCUT2D eigenvalue weighted by Crippen LogP contribution is 2.50. The van der Waals surface area contributed by atoms with Crippen LogP contribution < -0.4 is 5.32 Å². The second-order valence-corrected chi connectivity index (χ2v) is 6.05. The fourth-order valence-corrected chi connectivity index (χ4v) is 3.42. The van der Waals surface area contributed by atoms with Crippen LogP contribution in [0.1, 0.15) is 18.5 Å². The molecule has 4 heteroatoms. The highest BCUT2D eigenvalue weighted by molar-refractivity contribution is 5.89. The molecule has 3 fully saturated rings. The Morgan fingerprint density at radius 1 is 1.33 bits per heavy atom. The molecular formula is C17H17N3O. The second-order valence-electron chi connectivity index (χ2n) is 6.05. The molecule has 5 rings (SSSR count). The van der Waals surface area contributed by atoms with Gasteiger partial charge in [-0.2, -0.15) is 5.10 Å². The predicted molar refractivity (Wildman–Crippen MR) is 80.4 cm³/mol. The number of hydrogen-bond acceptors (Lipinski definition) is 2. The number of amides is 1. The summed E-state index contributed by atoms with van der Waals surface area (Å²) >= 11 is 0. The molecule has 1 aliphatic carbocycles. The van der Waals surface area contributed by atoms with Crippen molar-refractivity contribution in [2.45, 2.75) is 25.3 Å². The summed E-state index contributed by atoms with van der Waals surface area (Å²) in [4.78, 5) is 12.4. The number of hydrogen-bond donors (Lipinski definition) is 1. The summed E-state index contributed by atoms with van der Waals surface area (Å²) < 4.78 is 1.86. The molecule has 21 heavy (non-hydrogen) atoms. The zero-order chi connectivity index (χ0) is 14.6. The van der Waals surface area contributed by atoms with Gasteiger partial charge in [-0.25, -0.2) is 0 Å². The number of carbonyl (C=O) groups is 1. The van der Waals surface area contributed by atoms with Crippen molar-refractivity contribution in [1.29, 1.82) is 0 Å². The van der Waals surface area contributed by atoms with E-state index in [1.807, 2.05) is 36.0 Å². The van der Waals surface area contributed by atoms with E-state index in [0.717, 1.165) is 35.4 Å². The van der Waals surface area contributed by atoms with Crippen molar-refractivity contribution >= 4 is 5.91 Å². The Morgan fingerprint density at radius 3 is 2.71 bits per heavy atom. The Morgan fingerprint density at radius 2 is 2.05 bits per heavy atom. The lowest BCUT2D eigenvalue weighted by Gasteiger charge is -2.51. The van der Waals surface area contributed by atoms with Crippen LogP contribution >= 0.6 is 0 Å². The van der Waals surface area contributed by atoms with Gasteiger partial charge in [-0.3, -0.25) is 9.48 Å². The topological polar surface area (TPSA) is 46.9 Å². The summed E-state index contributed by atoms with van der Waals surface area (Å²) in [5.74, 6) is 0.421. The minimum atomic E-state index is -0.510. The first-order valence-corrected chi connectivity index (χ1v) is 7.22. The molecule has 106 valence electrons. The van der Waals surface area contributed by atoms with Gasteiger partial charge in [0.15, 0.2) is 0 Å². The Hall–Kier alpha value is -2.36. The Balaban J connectivity index is 1.75. The number of rotatable bonds is 2. The molecule has 2 aromatic rings. The van der Waals surface area contributed by atoms with Crippen molar-refractivity contribution in [3.05, 3.63) is 54.5 Å². The minimum absolute atomic E-state index is 0.0251. The summed E-state index contributed by atoms with van der Waals surface area (Å²) in [6.45, 7) is 5.91. The molecule has 1 aromatic carbocycles. The molecule has 0 unspecified atom stereocenters. The third-order valence-corrected chi connectivity index (χ3v) is 4.78. The number of nitrogens with one attached hydrogen (secondary N) is 1. The van der Waals surface area contributed by atoms with Crippen molar-refractivity contribution < 1.29 is 4.79 Å². The van der Waals surface area contributed by atoms with Crippen LogP contribution in [0, 0.1) is 12.8 Å². The zero-order valence-corrected chi connectivity index (χ0v) is 12.0. The standard InChI is InChI=1S/C17H17N3O/c1-11-14-8-17(9-14,16(21)18-11)20-10-15(12(2)19-20)13-6-4-3-5-7-13/h3-7,10,14H,1,8-9H2,2H3,(H,18,21). The van der Waals surface area contributed by atoms with Crippen LogP contribution in [0.4, 0.5) is 0 Å². The molecule has 3 heterocycles. The normalized spacial score (nSPS) is 27.2. The maximum Gasteiger partial charge on any atom is 0.252 e. The van der Waals surface area contributed by atoms with E-state index in [1.54, 1.807) is 0 Å². The molecule has 3 aliphatic rings. The van der Waals surface area contributed by atoms with E-state index < -0.39 is 5.54 Å². The SMILES string of the molecule is C=C1NC(=O)C2(n3cc(-c4ccccc4)c(C)n3)CC1C2. The van der Waals surface area contributed by atoms with Gasteiger partial charge in [0.05, 0.1) is 5.69 Å². The maximum atomic E-state index is 12.4. The largest absolute Gasteiger partial charge is 0.328 e. The number of allylic oxidation sites excluding steroid dienone is 1. The smallest absolute Gasteiger partial charge is 0.252 e. The number of carbonyl (C=O) groups excluding carboxylic acids is 1. The zero-order valence-electron chi connectivity index (χ0n) is 12.0. The van der Waals surface area contributed by atoms with E-state index in [-0.39, 0.29) is 5.91 Å². The average Bonchev–Trinajstić information content (AvgIpc) is 2.80. The number of fused-ring (bicyclic) bond motifs is 2. The van der Waals surface area contributed by atoms with Gasteiger partial charge in [0, 0.05) is 23.4 Å². The molecule has 1 aromatic heterocycles. The second kappa shape index (κ2) is 4.07. The fourth-order valence-electron chi connectivity index (χ4n) is 3.42. The van der Waals surface area contributed by atoms with Crippen molar-refractivity contribution in [1.82, 2.24) is 15.1 Å². The van der Waals surface area contributed by atoms with Crippen molar-refractivity contribution in [3.8, 4) is 11.1 Å². The van der Waals surface area contributed by atoms with Gasteiger partial charge in [0.1, 0.15) is 5.54 Å². The summed E-state index contributed by atoms with van der Waals surface area (Å²) in [6, 6.07) is 10.2. The first kappa shape index (κ1) is 12.4. The predicted octanol–water partition coefficient (Wildman–Crippen LogP) is 2.61. The van der Waals surface area contributed by atoms with Gasteiger partial charge in [0.25, 0.3) is 5.91 Å². The van der Waals surface area contributed by atoms with Gasteiger partial charge in [-0.15, -0.1) is 0 Å². The van der Waals surface area contributed by atoms with Crippen LogP contribution in [-0.2, 0) is 10.3 Å². The number of piperidine rings is 2. The molecule has 1 saturated carbocycles. The maximum absolute atomic E-state index is 12.4. The van der Waals surface area contributed by atoms with Crippen LogP contribution in [0.3, 0.4) is 0 Å². The first-order chi connectivity index (χ1) is 10.1. The molecule has 0 radical (unpaired) electrons. The van der Waals surface area contributed by atoms with E-state index in [4.69, 9.17) is 0 Å². The van der Waals surface area contributed by atoms with Crippen molar-refractivity contribution in [3.63, 3.8) is 0 Å². The third-order valence-electron chi connectivity index (χ3n) is 4.78. The number of aromatic nitrogens is 2. The lowest BCUT2D eigenvalue weighted by Crippen LogP contribution is -2.63. The number of aryl methyl sites for hydroxylation is 1. The fraction of sp³-hybridized carbons (Fsp3) is 0.294. The molecule has 4 nitrogen and oxygen atoms in total. The van der Waals surface area contributed by atoms with Gasteiger partial charge in [-0.1, -0.05) is 36.9 Å². The summed E-state index contributed by atoms with van der Waals surface area (Å²) in [6.07, 6.45) is 3.63. The first-order valence-electron chi connectivity index (χ1n) is 7.22. The lowest BCUT2D eigenvalue weighted by atomic mass is 9.63. The number of benzene rings is 1. The van der Waals surface area contributed by atoms with E-state index in [2.05, 4.69) is 29.1 Å². The molecular weight excluding hydrogens is 262 g/mol. The van der Waals surface area contributed by atoms with E-state index in [9.17, 15) is 4.79 Å². The van der Waals surface area contributed by atoms with Gasteiger partial charge < -0.3 is 5.32 Å². The van der Waals surface area contributed by atoms with Crippen molar-refractivity contribution in [2.24, 2.45) is 5.92 Å². The van der Waals surface area contributed by atoms with Crippen LogP contribution in [0.5, 0.6) is 0 Å². The van der Waals surface area contributed by atoms with Crippen LogP contribution in [0.25, 0.3) is 11.1 Å². The Bertz CT molecular complexity index is 739. The molecule has 2 saturated heterocycles. The van der Waals surface area contributed by atoms with E-state index >= 15 is 0 Å². The Labute approximate surface area is 123 Å². The van der Waals surface area contributed by atoms with Crippen molar-refractivity contribution in [2.75, 3.05) is 0 Å². The van der Waals surface area contributed by atoms with Gasteiger partial charge in [0.2, 0.25) is 0 Å². The van der Waals surface area contributed by atoms with Gasteiger partial charge >= 0.3 is 0 Å². The molecule has 2 aliphatic heterocycles. The lowest BCUT2D eigenvalue weighted by molar-refractivity contribution is -0.141. The third kappa shape index (κ3) is 1.62. The highest BCUT2D eigenvalue weighted by atomic mass is 16.2. The summed E-state index contributed by atoms with van der Waals surface area (Å²) in [5, 5.41) is 7.51. The quantitative estimate of drug-likeness (QED) is 0.918. The minimum Gasteiger partial charge on any atom is -0.328 e. The molecule has 1 amide bonds. The monoisotopic (exact) mass is 279 g/mol. The highest BCUT2D eigenvalue weighted by Gasteiger charge is 2.57. The molecule has 1 N–H and O–H groups in total. The molecule has 0 atom stereocenters. The van der Waals surface area contributed by atoms with Gasteiger partial charge in [-0.05, 0) is 25.3 Å². The summed E-state index contributed by atoms with van der Waals surface area (Å²) in [7, 11) is 0. The van der Waals surface area contributed by atoms with E-state index in [0.29, 0.717) is 5.92 Å². The molecule has 2 bridgehead atoms. The molecule has 0 spiro atoms. The van der Waals surface area contributed by atoms with E-state index in [1.165, 1.54) is 0 Å². The van der Waals surface area contributed by atoms with Crippen LogP contribution in [0.15, 0.2) is 48.8 Å². The summed E-state index contributed by atoms with van der Waals surface area (Å²) in [5.41, 5.74) is 3.52. The Kier molecular flexibility index (Phi) is 2.40. The average molecular weight is 279 g/mol. The van der Waals surface area contributed by atoms with Crippen LogP contribution in [-0.4, -0.2) is 15.7 Å². The number of nitrogens with zero attached hydrogens (tertiary/aromatic N) is 2. The van der Waals surface area contributed by atoms with Crippen LogP contribution in [0.2, 0.25) is 0 Å².